The van der Waals surface area contributed by atoms with Gasteiger partial charge in [-0.3, -0.25) is 9.59 Å². The molecule has 0 saturated carbocycles. The second-order valence-electron chi connectivity index (χ2n) is 7.32. The maximum atomic E-state index is 12.8. The van der Waals surface area contributed by atoms with Gasteiger partial charge in [-0.15, -0.1) is 0 Å². The molecule has 0 aliphatic carbocycles. The van der Waals surface area contributed by atoms with Crippen LogP contribution >= 0.6 is 0 Å². The lowest BCUT2D eigenvalue weighted by Gasteiger charge is -2.30. The van der Waals surface area contributed by atoms with Gasteiger partial charge in [0, 0.05) is 25.4 Å². The molecule has 1 aromatic carbocycles. The van der Waals surface area contributed by atoms with Crippen molar-refractivity contribution in [2.24, 2.45) is 5.92 Å². The Balaban J connectivity index is 2.04. The van der Waals surface area contributed by atoms with Crippen LogP contribution in [0.25, 0.3) is 0 Å². The first-order chi connectivity index (χ1) is 11.9. The van der Waals surface area contributed by atoms with Crippen LogP contribution < -0.4 is 5.32 Å². The number of likely N-dealkylation sites (tertiary alicyclic amines) is 1. The van der Waals surface area contributed by atoms with Crippen LogP contribution in [0.15, 0.2) is 30.3 Å². The Kier molecular flexibility index (Phi) is 7.00. The maximum Gasteiger partial charge on any atom is 0.243 e. The lowest BCUT2D eigenvalue weighted by atomic mass is 9.93. The van der Waals surface area contributed by atoms with Crippen LogP contribution in [0.2, 0.25) is 0 Å². The molecule has 1 aliphatic rings. The van der Waals surface area contributed by atoms with Crippen molar-refractivity contribution in [1.82, 2.24) is 10.2 Å². The first-order valence-corrected chi connectivity index (χ1v) is 9.20. The number of carbonyl (C=O) groups excluding carboxylic acids is 2. The fraction of sp³-hybridized carbons (Fsp3) is 0.600. The van der Waals surface area contributed by atoms with E-state index in [1.165, 1.54) is 0 Å². The minimum Gasteiger partial charge on any atom is -0.393 e. The van der Waals surface area contributed by atoms with Crippen LogP contribution in [0.1, 0.15) is 51.5 Å². The zero-order chi connectivity index (χ0) is 18.4. The first kappa shape index (κ1) is 19.4. The number of benzene rings is 1. The third-order valence-corrected chi connectivity index (χ3v) is 4.77. The lowest BCUT2D eigenvalue weighted by molar-refractivity contribution is -0.139. The third-order valence-electron chi connectivity index (χ3n) is 4.77. The van der Waals surface area contributed by atoms with E-state index in [-0.39, 0.29) is 23.7 Å². The van der Waals surface area contributed by atoms with E-state index in [0.717, 1.165) is 12.0 Å². The number of hydrogen-bond donors (Lipinski definition) is 2. The number of nitrogens with one attached hydrogen (secondary N) is 1. The summed E-state index contributed by atoms with van der Waals surface area (Å²) in [5.41, 5.74) is 1.10. The number of hydrogen-bond acceptors (Lipinski definition) is 3. The van der Waals surface area contributed by atoms with Crippen LogP contribution in [-0.2, 0) is 9.59 Å². The Morgan fingerprint density at radius 1 is 1.24 bits per heavy atom. The topological polar surface area (TPSA) is 69.6 Å². The predicted molar refractivity (Wildman–Crippen MR) is 98.1 cm³/mol. The average Bonchev–Trinajstić information content (AvgIpc) is 2.97. The Bertz CT molecular complexity index is 572. The molecule has 1 heterocycles. The molecular formula is C20H30N2O3. The van der Waals surface area contributed by atoms with Crippen molar-refractivity contribution < 1.29 is 14.7 Å². The second kappa shape index (κ2) is 8.99. The third kappa shape index (κ3) is 5.30. The number of nitrogens with zero attached hydrogens (tertiary/aromatic N) is 1. The van der Waals surface area contributed by atoms with Crippen molar-refractivity contribution in [3.05, 3.63) is 35.9 Å². The van der Waals surface area contributed by atoms with E-state index in [0.29, 0.717) is 25.9 Å². The van der Waals surface area contributed by atoms with Crippen molar-refractivity contribution in [3.63, 3.8) is 0 Å². The molecule has 0 aromatic heterocycles. The number of carbonyl (C=O) groups is 2. The fourth-order valence-corrected chi connectivity index (χ4v) is 3.57. The Morgan fingerprint density at radius 2 is 1.92 bits per heavy atom. The van der Waals surface area contributed by atoms with Crippen LogP contribution in [0.4, 0.5) is 0 Å². The van der Waals surface area contributed by atoms with Gasteiger partial charge >= 0.3 is 0 Å². The lowest BCUT2D eigenvalue weighted by Crippen LogP contribution is -2.51. The van der Waals surface area contributed by atoms with Gasteiger partial charge in [0.25, 0.3) is 0 Å². The summed E-state index contributed by atoms with van der Waals surface area (Å²) >= 11 is 0. The molecule has 0 radical (unpaired) electrons. The molecule has 25 heavy (non-hydrogen) atoms. The SMILES string of the molecule is CC(O)CC(CNC(=O)C(C(C)C)N1CCCC1=O)c1ccccc1. The van der Waals surface area contributed by atoms with Gasteiger partial charge in [0.1, 0.15) is 6.04 Å². The van der Waals surface area contributed by atoms with Gasteiger partial charge in [-0.05, 0) is 31.2 Å². The van der Waals surface area contributed by atoms with Gasteiger partial charge in [0.05, 0.1) is 6.10 Å². The van der Waals surface area contributed by atoms with Gasteiger partial charge in [0.2, 0.25) is 11.8 Å². The van der Waals surface area contributed by atoms with E-state index >= 15 is 0 Å². The van der Waals surface area contributed by atoms with Crippen molar-refractivity contribution in [3.8, 4) is 0 Å². The van der Waals surface area contributed by atoms with E-state index < -0.39 is 12.1 Å². The molecule has 2 amide bonds. The molecule has 3 unspecified atom stereocenters. The molecule has 3 atom stereocenters. The highest BCUT2D eigenvalue weighted by Crippen LogP contribution is 2.22. The summed E-state index contributed by atoms with van der Waals surface area (Å²) in [5.74, 6) is 0.0791. The minimum atomic E-state index is -0.442. The largest absolute Gasteiger partial charge is 0.393 e. The van der Waals surface area contributed by atoms with Crippen molar-refractivity contribution in [2.75, 3.05) is 13.1 Å². The van der Waals surface area contributed by atoms with E-state index in [1.807, 2.05) is 44.2 Å². The molecule has 1 aliphatic heterocycles. The standard InChI is InChI=1S/C20H30N2O3/c1-14(2)19(22-11-7-10-18(22)24)20(25)21-13-17(12-15(3)23)16-8-5-4-6-9-16/h4-6,8-9,14-15,17,19,23H,7,10-13H2,1-3H3,(H,21,25). The molecule has 5 heteroatoms. The van der Waals surface area contributed by atoms with Crippen molar-refractivity contribution in [1.29, 1.82) is 0 Å². The molecule has 1 aromatic rings. The molecule has 1 fully saturated rings. The highest BCUT2D eigenvalue weighted by Gasteiger charge is 2.35. The normalized spacial score (nSPS) is 18.3. The summed E-state index contributed by atoms with van der Waals surface area (Å²) < 4.78 is 0. The minimum absolute atomic E-state index is 0.0484. The number of amides is 2. The summed E-state index contributed by atoms with van der Waals surface area (Å²) in [6.07, 6.45) is 1.50. The van der Waals surface area contributed by atoms with E-state index in [2.05, 4.69) is 5.32 Å². The maximum absolute atomic E-state index is 12.8. The molecule has 5 nitrogen and oxygen atoms in total. The van der Waals surface area contributed by atoms with Gasteiger partial charge in [-0.2, -0.15) is 0 Å². The summed E-state index contributed by atoms with van der Waals surface area (Å²) in [6, 6.07) is 9.50. The summed E-state index contributed by atoms with van der Waals surface area (Å²) in [6.45, 7) is 6.82. The monoisotopic (exact) mass is 346 g/mol. The smallest absolute Gasteiger partial charge is 0.243 e. The van der Waals surface area contributed by atoms with Gasteiger partial charge in [-0.1, -0.05) is 44.2 Å². The van der Waals surface area contributed by atoms with Crippen LogP contribution in [-0.4, -0.2) is 47.1 Å². The summed E-state index contributed by atoms with van der Waals surface area (Å²) in [4.78, 5) is 26.5. The molecule has 2 N–H and O–H groups in total. The zero-order valence-electron chi connectivity index (χ0n) is 15.4. The Morgan fingerprint density at radius 3 is 2.44 bits per heavy atom. The van der Waals surface area contributed by atoms with Gasteiger partial charge in [-0.25, -0.2) is 0 Å². The summed E-state index contributed by atoms with van der Waals surface area (Å²) in [7, 11) is 0. The average molecular weight is 346 g/mol. The van der Waals surface area contributed by atoms with E-state index in [9.17, 15) is 14.7 Å². The van der Waals surface area contributed by atoms with E-state index in [4.69, 9.17) is 0 Å². The molecule has 0 spiro atoms. The number of aliphatic hydroxyl groups is 1. The summed E-state index contributed by atoms with van der Waals surface area (Å²) in [5, 5.41) is 12.8. The highest BCUT2D eigenvalue weighted by atomic mass is 16.3. The number of aliphatic hydroxyl groups excluding tert-OH is 1. The van der Waals surface area contributed by atoms with Crippen LogP contribution in [0, 0.1) is 5.92 Å². The van der Waals surface area contributed by atoms with Gasteiger partial charge in [0.15, 0.2) is 0 Å². The Hall–Kier alpha value is -1.88. The molecular weight excluding hydrogens is 316 g/mol. The van der Waals surface area contributed by atoms with Crippen LogP contribution in [0.3, 0.4) is 0 Å². The predicted octanol–water partition coefficient (Wildman–Crippen LogP) is 2.30. The van der Waals surface area contributed by atoms with E-state index in [1.54, 1.807) is 11.8 Å². The van der Waals surface area contributed by atoms with Gasteiger partial charge < -0.3 is 15.3 Å². The second-order valence-corrected chi connectivity index (χ2v) is 7.32. The number of rotatable bonds is 8. The first-order valence-electron chi connectivity index (χ1n) is 9.20. The quantitative estimate of drug-likeness (QED) is 0.759. The molecule has 2 rings (SSSR count). The molecule has 138 valence electrons. The molecule has 0 bridgehead atoms. The van der Waals surface area contributed by atoms with Crippen molar-refractivity contribution >= 4 is 11.8 Å². The fourth-order valence-electron chi connectivity index (χ4n) is 3.57. The van der Waals surface area contributed by atoms with Crippen LogP contribution in [0.5, 0.6) is 0 Å². The Labute approximate surface area is 150 Å². The highest BCUT2D eigenvalue weighted by molar-refractivity contribution is 5.88. The van der Waals surface area contributed by atoms with Crippen molar-refractivity contribution in [2.45, 2.75) is 58.1 Å². The molecule has 1 saturated heterocycles. The zero-order valence-corrected chi connectivity index (χ0v) is 15.4.